The van der Waals surface area contributed by atoms with Crippen molar-refractivity contribution < 1.29 is 9.32 Å². The Bertz CT molecular complexity index is 1170. The third-order valence-corrected chi connectivity index (χ3v) is 5.32. The Morgan fingerprint density at radius 2 is 1.90 bits per heavy atom. The van der Waals surface area contributed by atoms with Gasteiger partial charge in [0.25, 0.3) is 0 Å². The number of hydrogen-bond acceptors (Lipinski definition) is 7. The molecule has 30 heavy (non-hydrogen) atoms. The molecule has 0 atom stereocenters. The van der Waals surface area contributed by atoms with Gasteiger partial charge in [0.2, 0.25) is 17.6 Å². The van der Waals surface area contributed by atoms with E-state index in [1.54, 1.807) is 19.4 Å². The topological polar surface area (TPSA) is 93.2 Å². The molecule has 4 aromatic rings. The first-order chi connectivity index (χ1) is 14.7. The molecule has 5 rings (SSSR count). The van der Waals surface area contributed by atoms with E-state index in [1.165, 1.54) is 0 Å². The SMILES string of the molecule is Cc1nc(-c2ccc(N3CCN(C(=O)Cn4cnc5ccccc54)CC3)nc2)no1. The van der Waals surface area contributed by atoms with Crippen molar-refractivity contribution in [1.29, 1.82) is 0 Å². The lowest BCUT2D eigenvalue weighted by Gasteiger charge is -2.35. The molecule has 1 aliphatic rings. The van der Waals surface area contributed by atoms with E-state index in [4.69, 9.17) is 4.52 Å². The molecule has 9 nitrogen and oxygen atoms in total. The van der Waals surface area contributed by atoms with Gasteiger partial charge in [0.05, 0.1) is 17.4 Å². The van der Waals surface area contributed by atoms with Crippen LogP contribution in [0.25, 0.3) is 22.4 Å². The summed E-state index contributed by atoms with van der Waals surface area (Å²) in [5, 5.41) is 3.92. The minimum Gasteiger partial charge on any atom is -0.353 e. The first-order valence-corrected chi connectivity index (χ1v) is 9.87. The first-order valence-electron chi connectivity index (χ1n) is 9.87. The van der Waals surface area contributed by atoms with Crippen LogP contribution in [0.1, 0.15) is 5.89 Å². The number of anilines is 1. The molecule has 0 bridgehead atoms. The fourth-order valence-electron chi connectivity index (χ4n) is 3.69. The second-order valence-electron chi connectivity index (χ2n) is 7.27. The molecule has 152 valence electrons. The van der Waals surface area contributed by atoms with Crippen molar-refractivity contribution >= 4 is 22.8 Å². The number of hydrogen-bond donors (Lipinski definition) is 0. The summed E-state index contributed by atoms with van der Waals surface area (Å²) in [6, 6.07) is 11.7. The van der Waals surface area contributed by atoms with Gasteiger partial charge < -0.3 is 18.9 Å². The van der Waals surface area contributed by atoms with Crippen molar-refractivity contribution in [3.8, 4) is 11.4 Å². The van der Waals surface area contributed by atoms with E-state index in [1.807, 2.05) is 45.9 Å². The zero-order valence-corrected chi connectivity index (χ0v) is 16.6. The summed E-state index contributed by atoms with van der Waals surface area (Å²) in [5.41, 5.74) is 2.70. The van der Waals surface area contributed by atoms with Crippen LogP contribution in [-0.4, -0.2) is 61.7 Å². The van der Waals surface area contributed by atoms with Crippen LogP contribution in [-0.2, 0) is 11.3 Å². The molecule has 1 saturated heterocycles. The standard InChI is InChI=1S/C21H21N7O2/c1-15-24-21(25-30-15)16-6-7-19(22-12-16)26-8-10-27(11-9-26)20(29)13-28-14-23-17-4-2-3-5-18(17)28/h2-7,12,14H,8-11,13H2,1H3. The lowest BCUT2D eigenvalue weighted by atomic mass is 10.2. The Morgan fingerprint density at radius 3 is 2.63 bits per heavy atom. The third kappa shape index (κ3) is 3.49. The van der Waals surface area contributed by atoms with Crippen LogP contribution in [0.3, 0.4) is 0 Å². The number of carbonyl (C=O) groups excluding carboxylic acids is 1. The molecule has 0 N–H and O–H groups in total. The number of fused-ring (bicyclic) bond motifs is 1. The minimum absolute atomic E-state index is 0.105. The number of aryl methyl sites for hydroxylation is 1. The van der Waals surface area contributed by atoms with E-state index in [-0.39, 0.29) is 5.91 Å². The molecule has 1 fully saturated rings. The largest absolute Gasteiger partial charge is 0.353 e. The predicted octanol–water partition coefficient (Wildman–Crippen LogP) is 2.14. The molecule has 0 unspecified atom stereocenters. The fraction of sp³-hybridized carbons (Fsp3) is 0.286. The van der Waals surface area contributed by atoms with Crippen LogP contribution < -0.4 is 4.90 Å². The van der Waals surface area contributed by atoms with Gasteiger partial charge in [-0.15, -0.1) is 0 Å². The maximum absolute atomic E-state index is 12.8. The molecule has 4 heterocycles. The first kappa shape index (κ1) is 18.3. The molecule has 1 aliphatic heterocycles. The summed E-state index contributed by atoms with van der Waals surface area (Å²) in [4.78, 5) is 30.0. The number of amides is 1. The summed E-state index contributed by atoms with van der Waals surface area (Å²) < 4.78 is 6.93. The fourth-order valence-corrected chi connectivity index (χ4v) is 3.69. The molecule has 1 amide bonds. The number of pyridine rings is 1. The second-order valence-corrected chi connectivity index (χ2v) is 7.27. The van der Waals surface area contributed by atoms with E-state index in [2.05, 4.69) is 25.0 Å². The van der Waals surface area contributed by atoms with Gasteiger partial charge in [-0.3, -0.25) is 4.79 Å². The summed E-state index contributed by atoms with van der Waals surface area (Å²) in [7, 11) is 0. The number of nitrogens with zero attached hydrogens (tertiary/aromatic N) is 7. The van der Waals surface area contributed by atoms with Gasteiger partial charge in [0.15, 0.2) is 0 Å². The quantitative estimate of drug-likeness (QED) is 0.515. The Balaban J connectivity index is 1.20. The minimum atomic E-state index is 0.105. The predicted molar refractivity (Wildman–Crippen MR) is 111 cm³/mol. The van der Waals surface area contributed by atoms with Crippen LogP contribution >= 0.6 is 0 Å². The van der Waals surface area contributed by atoms with Gasteiger partial charge in [-0.05, 0) is 24.3 Å². The van der Waals surface area contributed by atoms with Crippen molar-refractivity contribution in [2.75, 3.05) is 31.1 Å². The average Bonchev–Trinajstić information content (AvgIpc) is 3.40. The summed E-state index contributed by atoms with van der Waals surface area (Å²) in [6.45, 7) is 4.87. The van der Waals surface area contributed by atoms with Crippen molar-refractivity contribution in [1.82, 2.24) is 29.6 Å². The number of benzene rings is 1. The van der Waals surface area contributed by atoms with Crippen LogP contribution in [0.4, 0.5) is 5.82 Å². The van der Waals surface area contributed by atoms with Gasteiger partial charge in [0.1, 0.15) is 12.4 Å². The lowest BCUT2D eigenvalue weighted by Crippen LogP contribution is -2.49. The molecule has 0 spiro atoms. The summed E-state index contributed by atoms with van der Waals surface area (Å²) >= 11 is 0. The molecule has 0 aliphatic carbocycles. The van der Waals surface area contributed by atoms with Crippen LogP contribution in [0.2, 0.25) is 0 Å². The Morgan fingerprint density at radius 1 is 1.07 bits per heavy atom. The molecular formula is C21H21N7O2. The van der Waals surface area contributed by atoms with Crippen molar-refractivity contribution in [3.63, 3.8) is 0 Å². The van der Waals surface area contributed by atoms with E-state index in [0.29, 0.717) is 31.3 Å². The Labute approximate surface area is 173 Å². The number of rotatable bonds is 4. The monoisotopic (exact) mass is 403 g/mol. The van der Waals surface area contributed by atoms with Crippen molar-refractivity contribution in [2.45, 2.75) is 13.5 Å². The van der Waals surface area contributed by atoms with Crippen LogP contribution in [0, 0.1) is 6.92 Å². The van der Waals surface area contributed by atoms with Crippen LogP contribution in [0.5, 0.6) is 0 Å². The highest BCUT2D eigenvalue weighted by Crippen LogP contribution is 2.20. The van der Waals surface area contributed by atoms with Gasteiger partial charge >= 0.3 is 0 Å². The highest BCUT2D eigenvalue weighted by atomic mass is 16.5. The van der Waals surface area contributed by atoms with E-state index < -0.39 is 0 Å². The molecule has 9 heteroatoms. The van der Waals surface area contributed by atoms with Crippen molar-refractivity contribution in [2.24, 2.45) is 0 Å². The Hall–Kier alpha value is -3.75. The Kier molecular flexibility index (Phi) is 4.62. The van der Waals surface area contributed by atoms with Gasteiger partial charge in [-0.1, -0.05) is 17.3 Å². The van der Waals surface area contributed by atoms with Crippen molar-refractivity contribution in [3.05, 3.63) is 54.8 Å². The molecule has 0 saturated carbocycles. The number of carbonyl (C=O) groups is 1. The molecular weight excluding hydrogens is 382 g/mol. The third-order valence-electron chi connectivity index (χ3n) is 5.32. The van der Waals surface area contributed by atoms with Crippen LogP contribution in [0.15, 0.2) is 53.4 Å². The van der Waals surface area contributed by atoms with E-state index >= 15 is 0 Å². The summed E-state index contributed by atoms with van der Waals surface area (Å²) in [5.74, 6) is 2.05. The van der Waals surface area contributed by atoms with Gasteiger partial charge in [-0.2, -0.15) is 4.98 Å². The maximum atomic E-state index is 12.8. The van der Waals surface area contributed by atoms with E-state index in [9.17, 15) is 4.79 Å². The highest BCUT2D eigenvalue weighted by Gasteiger charge is 2.22. The zero-order chi connectivity index (χ0) is 20.5. The van der Waals surface area contributed by atoms with E-state index in [0.717, 1.165) is 35.5 Å². The second kappa shape index (κ2) is 7.58. The molecule has 3 aromatic heterocycles. The maximum Gasteiger partial charge on any atom is 0.242 e. The van der Waals surface area contributed by atoms with Gasteiger partial charge in [-0.25, -0.2) is 9.97 Å². The number of piperazine rings is 1. The zero-order valence-electron chi connectivity index (χ0n) is 16.6. The average molecular weight is 403 g/mol. The molecule has 1 aromatic carbocycles. The number of imidazole rings is 1. The smallest absolute Gasteiger partial charge is 0.242 e. The number of para-hydroxylation sites is 2. The molecule has 0 radical (unpaired) electrons. The highest BCUT2D eigenvalue weighted by molar-refractivity contribution is 5.80. The lowest BCUT2D eigenvalue weighted by molar-refractivity contribution is -0.132. The number of aromatic nitrogens is 5. The summed E-state index contributed by atoms with van der Waals surface area (Å²) in [6.07, 6.45) is 3.48. The normalized spacial score (nSPS) is 14.4. The van der Waals surface area contributed by atoms with Gasteiger partial charge in [0, 0.05) is 44.9 Å².